The summed E-state index contributed by atoms with van der Waals surface area (Å²) in [7, 11) is 0. The molecule has 0 aliphatic carbocycles. The molecule has 1 aromatic rings. The van der Waals surface area contributed by atoms with Crippen molar-refractivity contribution >= 4 is 5.91 Å². The van der Waals surface area contributed by atoms with Crippen molar-refractivity contribution in [2.75, 3.05) is 26.2 Å². The molecule has 0 aromatic carbocycles. The predicted molar refractivity (Wildman–Crippen MR) is 58.6 cm³/mol. The number of hydrogen-bond donors (Lipinski definition) is 1. The molecule has 0 saturated carbocycles. The molecular formula is C10H17N5O. The molecule has 1 atom stereocenters. The first-order valence-electron chi connectivity index (χ1n) is 5.59. The Labute approximate surface area is 94.6 Å². The van der Waals surface area contributed by atoms with Gasteiger partial charge in [-0.2, -0.15) is 0 Å². The summed E-state index contributed by atoms with van der Waals surface area (Å²) in [5.74, 6) is 0.198. The van der Waals surface area contributed by atoms with Crippen LogP contribution in [0.15, 0.2) is 12.7 Å². The molecule has 6 nitrogen and oxygen atoms in total. The number of carbonyl (C=O) groups is 1. The van der Waals surface area contributed by atoms with Gasteiger partial charge in [-0.3, -0.25) is 4.79 Å². The van der Waals surface area contributed by atoms with Gasteiger partial charge in [0, 0.05) is 32.7 Å². The van der Waals surface area contributed by atoms with Crippen LogP contribution < -0.4 is 5.32 Å². The first kappa shape index (κ1) is 11.1. The summed E-state index contributed by atoms with van der Waals surface area (Å²) in [4.78, 5) is 14.0. The maximum atomic E-state index is 12.1. The zero-order valence-electron chi connectivity index (χ0n) is 9.46. The standard InChI is InChI=1S/C10H17N5O/c1-9(6-14-7-12-13-8-14)10(16)15-4-2-11-3-5-15/h7-9,11H,2-6H2,1H3. The van der Waals surface area contributed by atoms with Crippen molar-refractivity contribution in [2.45, 2.75) is 13.5 Å². The molecule has 1 aliphatic rings. The van der Waals surface area contributed by atoms with E-state index in [1.165, 1.54) is 0 Å². The van der Waals surface area contributed by atoms with Crippen LogP contribution in [0.3, 0.4) is 0 Å². The Bertz CT molecular complexity index is 331. The van der Waals surface area contributed by atoms with Crippen LogP contribution in [0.2, 0.25) is 0 Å². The zero-order valence-corrected chi connectivity index (χ0v) is 9.46. The second kappa shape index (κ2) is 5.07. The summed E-state index contributed by atoms with van der Waals surface area (Å²) in [6.07, 6.45) is 3.28. The van der Waals surface area contributed by atoms with Gasteiger partial charge in [-0.05, 0) is 0 Å². The van der Waals surface area contributed by atoms with Crippen molar-refractivity contribution in [3.05, 3.63) is 12.7 Å². The molecule has 16 heavy (non-hydrogen) atoms. The van der Waals surface area contributed by atoms with E-state index < -0.39 is 0 Å². The number of aromatic nitrogens is 3. The number of piperazine rings is 1. The van der Waals surface area contributed by atoms with Gasteiger partial charge in [0.2, 0.25) is 5.91 Å². The minimum absolute atomic E-state index is 0.0194. The molecule has 0 bridgehead atoms. The Morgan fingerprint density at radius 1 is 1.38 bits per heavy atom. The molecule has 6 heteroatoms. The highest BCUT2D eigenvalue weighted by Gasteiger charge is 2.21. The van der Waals surface area contributed by atoms with Crippen LogP contribution in [-0.2, 0) is 11.3 Å². The van der Waals surface area contributed by atoms with Gasteiger partial charge in [-0.1, -0.05) is 6.92 Å². The van der Waals surface area contributed by atoms with E-state index in [-0.39, 0.29) is 11.8 Å². The third kappa shape index (κ3) is 2.57. The van der Waals surface area contributed by atoms with Gasteiger partial charge < -0.3 is 14.8 Å². The molecule has 0 radical (unpaired) electrons. The summed E-state index contributed by atoms with van der Waals surface area (Å²) < 4.78 is 1.84. The summed E-state index contributed by atoms with van der Waals surface area (Å²) in [6.45, 7) is 6.01. The van der Waals surface area contributed by atoms with Crippen molar-refractivity contribution in [3.8, 4) is 0 Å². The van der Waals surface area contributed by atoms with E-state index >= 15 is 0 Å². The Morgan fingerprint density at radius 3 is 2.62 bits per heavy atom. The van der Waals surface area contributed by atoms with E-state index in [1.807, 2.05) is 16.4 Å². The molecule has 1 saturated heterocycles. The number of carbonyl (C=O) groups excluding carboxylic acids is 1. The number of hydrogen-bond acceptors (Lipinski definition) is 4. The number of rotatable bonds is 3. The second-order valence-electron chi connectivity index (χ2n) is 4.14. The summed E-state index contributed by atoms with van der Waals surface area (Å²) in [5, 5.41) is 10.7. The van der Waals surface area contributed by atoms with Crippen molar-refractivity contribution in [2.24, 2.45) is 5.92 Å². The number of nitrogens with one attached hydrogen (secondary N) is 1. The van der Waals surface area contributed by atoms with E-state index in [0.717, 1.165) is 26.2 Å². The molecular weight excluding hydrogens is 206 g/mol. The number of nitrogens with zero attached hydrogens (tertiary/aromatic N) is 4. The van der Waals surface area contributed by atoms with Crippen LogP contribution in [0.5, 0.6) is 0 Å². The minimum Gasteiger partial charge on any atom is -0.340 e. The van der Waals surface area contributed by atoms with Crippen LogP contribution in [0, 0.1) is 5.92 Å². The molecule has 1 unspecified atom stereocenters. The van der Waals surface area contributed by atoms with E-state index in [1.54, 1.807) is 12.7 Å². The lowest BCUT2D eigenvalue weighted by molar-refractivity contribution is -0.136. The molecule has 1 N–H and O–H groups in total. The van der Waals surface area contributed by atoms with E-state index in [9.17, 15) is 4.79 Å². The van der Waals surface area contributed by atoms with Crippen LogP contribution in [0.1, 0.15) is 6.92 Å². The van der Waals surface area contributed by atoms with E-state index in [0.29, 0.717) is 6.54 Å². The fourth-order valence-electron chi connectivity index (χ4n) is 1.91. The van der Waals surface area contributed by atoms with Gasteiger partial charge >= 0.3 is 0 Å². The molecule has 1 aromatic heterocycles. The Morgan fingerprint density at radius 2 is 2.00 bits per heavy atom. The molecule has 1 amide bonds. The fraction of sp³-hybridized carbons (Fsp3) is 0.700. The lowest BCUT2D eigenvalue weighted by Crippen LogP contribution is -2.48. The summed E-state index contributed by atoms with van der Waals surface area (Å²) in [5.41, 5.74) is 0. The lowest BCUT2D eigenvalue weighted by Gasteiger charge is -2.29. The molecule has 0 spiro atoms. The molecule has 1 fully saturated rings. The number of amides is 1. The molecule has 1 aliphatic heterocycles. The topological polar surface area (TPSA) is 63.1 Å². The molecule has 2 heterocycles. The van der Waals surface area contributed by atoms with Crippen LogP contribution in [0.25, 0.3) is 0 Å². The van der Waals surface area contributed by atoms with Crippen LogP contribution in [0.4, 0.5) is 0 Å². The zero-order chi connectivity index (χ0) is 11.4. The SMILES string of the molecule is CC(Cn1cnnc1)C(=O)N1CCNCC1. The van der Waals surface area contributed by atoms with Crippen molar-refractivity contribution in [3.63, 3.8) is 0 Å². The van der Waals surface area contributed by atoms with Gasteiger partial charge in [0.05, 0.1) is 5.92 Å². The third-order valence-electron chi connectivity index (χ3n) is 2.80. The maximum Gasteiger partial charge on any atom is 0.227 e. The predicted octanol–water partition coefficient (Wildman–Crippen LogP) is -0.654. The van der Waals surface area contributed by atoms with Gasteiger partial charge in [0.1, 0.15) is 12.7 Å². The second-order valence-corrected chi connectivity index (χ2v) is 4.14. The first-order chi connectivity index (χ1) is 7.77. The average molecular weight is 223 g/mol. The summed E-state index contributed by atoms with van der Waals surface area (Å²) in [6, 6.07) is 0. The Balaban J connectivity index is 1.88. The van der Waals surface area contributed by atoms with Gasteiger partial charge in [0.15, 0.2) is 0 Å². The van der Waals surface area contributed by atoms with Crippen LogP contribution in [-0.4, -0.2) is 51.8 Å². The largest absolute Gasteiger partial charge is 0.340 e. The monoisotopic (exact) mass is 223 g/mol. The summed E-state index contributed by atoms with van der Waals surface area (Å²) >= 11 is 0. The highest BCUT2D eigenvalue weighted by Crippen LogP contribution is 2.06. The molecule has 2 rings (SSSR count). The van der Waals surface area contributed by atoms with Gasteiger partial charge in [0.25, 0.3) is 0 Å². The van der Waals surface area contributed by atoms with Crippen molar-refractivity contribution in [1.82, 2.24) is 25.0 Å². The first-order valence-corrected chi connectivity index (χ1v) is 5.59. The third-order valence-corrected chi connectivity index (χ3v) is 2.80. The Kier molecular flexibility index (Phi) is 3.51. The van der Waals surface area contributed by atoms with E-state index in [2.05, 4.69) is 15.5 Å². The smallest absolute Gasteiger partial charge is 0.227 e. The maximum absolute atomic E-state index is 12.1. The highest BCUT2D eigenvalue weighted by atomic mass is 16.2. The fourth-order valence-corrected chi connectivity index (χ4v) is 1.91. The quantitative estimate of drug-likeness (QED) is 0.739. The van der Waals surface area contributed by atoms with E-state index in [4.69, 9.17) is 0 Å². The van der Waals surface area contributed by atoms with Gasteiger partial charge in [-0.15, -0.1) is 10.2 Å². The lowest BCUT2D eigenvalue weighted by atomic mass is 10.1. The van der Waals surface area contributed by atoms with Crippen LogP contribution >= 0.6 is 0 Å². The Hall–Kier alpha value is -1.43. The molecule has 88 valence electrons. The normalized spacial score (nSPS) is 18.4. The minimum atomic E-state index is -0.0194. The average Bonchev–Trinajstić information content (AvgIpc) is 2.82. The van der Waals surface area contributed by atoms with Crippen molar-refractivity contribution in [1.29, 1.82) is 0 Å². The highest BCUT2D eigenvalue weighted by molar-refractivity contribution is 5.78. The van der Waals surface area contributed by atoms with Gasteiger partial charge in [-0.25, -0.2) is 0 Å². The van der Waals surface area contributed by atoms with Crippen molar-refractivity contribution < 1.29 is 4.79 Å².